The number of nitrogens with one attached hydrogen (secondary N) is 1. The van der Waals surface area contributed by atoms with Crippen LogP contribution in [-0.4, -0.2) is 62.0 Å². The summed E-state index contributed by atoms with van der Waals surface area (Å²) in [7, 11) is 3.60. The number of hydrogen-bond donors (Lipinski definition) is 1. The van der Waals surface area contributed by atoms with Crippen molar-refractivity contribution in [2.75, 3.05) is 45.7 Å². The van der Waals surface area contributed by atoms with Crippen LogP contribution in [0.5, 0.6) is 5.75 Å². The molecule has 0 spiro atoms. The highest BCUT2D eigenvalue weighted by Crippen LogP contribution is 2.24. The molecule has 6 heteroatoms. The van der Waals surface area contributed by atoms with E-state index in [-0.39, 0.29) is 11.8 Å². The summed E-state index contributed by atoms with van der Waals surface area (Å²) < 4.78 is 5.14. The molecule has 1 fully saturated rings. The molecule has 0 saturated carbocycles. The fourth-order valence-electron chi connectivity index (χ4n) is 2.49. The Morgan fingerprint density at radius 1 is 1.17 bits per heavy atom. The normalized spacial score (nSPS) is 16.1. The minimum atomic E-state index is -1.11. The summed E-state index contributed by atoms with van der Waals surface area (Å²) in [4.78, 5) is 29.2. The highest BCUT2D eigenvalue weighted by molar-refractivity contribution is 6.09. The van der Waals surface area contributed by atoms with E-state index in [0.29, 0.717) is 24.5 Å². The SMILES string of the molecule is COc1cccc(NC(=O)C(C)(C)C(=O)N2CCN(C)CC2)c1. The number of hydrogen-bond acceptors (Lipinski definition) is 4. The highest BCUT2D eigenvalue weighted by atomic mass is 16.5. The number of nitrogens with zero attached hydrogens (tertiary/aromatic N) is 2. The zero-order valence-electron chi connectivity index (χ0n) is 14.3. The van der Waals surface area contributed by atoms with E-state index in [9.17, 15) is 9.59 Å². The van der Waals surface area contributed by atoms with E-state index >= 15 is 0 Å². The van der Waals surface area contributed by atoms with Crippen molar-refractivity contribution in [1.82, 2.24) is 9.80 Å². The predicted octanol–water partition coefficient (Wildman–Crippen LogP) is 1.43. The minimum Gasteiger partial charge on any atom is -0.497 e. The van der Waals surface area contributed by atoms with Gasteiger partial charge in [-0.3, -0.25) is 9.59 Å². The zero-order valence-corrected chi connectivity index (χ0v) is 14.3. The Morgan fingerprint density at radius 2 is 1.83 bits per heavy atom. The van der Waals surface area contributed by atoms with Crippen LogP contribution in [0.15, 0.2) is 24.3 Å². The van der Waals surface area contributed by atoms with Gasteiger partial charge in [-0.25, -0.2) is 0 Å². The topological polar surface area (TPSA) is 61.9 Å². The molecule has 0 unspecified atom stereocenters. The third-order valence-electron chi connectivity index (χ3n) is 4.22. The monoisotopic (exact) mass is 319 g/mol. The molecule has 1 saturated heterocycles. The number of anilines is 1. The van der Waals surface area contributed by atoms with Gasteiger partial charge >= 0.3 is 0 Å². The van der Waals surface area contributed by atoms with E-state index in [1.807, 2.05) is 7.05 Å². The molecule has 2 rings (SSSR count). The molecular formula is C17H25N3O3. The molecule has 126 valence electrons. The van der Waals surface area contributed by atoms with Gasteiger partial charge in [-0.05, 0) is 33.0 Å². The Kier molecular flexibility index (Phi) is 5.26. The van der Waals surface area contributed by atoms with E-state index in [4.69, 9.17) is 4.74 Å². The van der Waals surface area contributed by atoms with Crippen molar-refractivity contribution >= 4 is 17.5 Å². The molecular weight excluding hydrogens is 294 g/mol. The van der Waals surface area contributed by atoms with Crippen molar-refractivity contribution in [3.05, 3.63) is 24.3 Å². The molecule has 1 aliphatic heterocycles. The van der Waals surface area contributed by atoms with E-state index < -0.39 is 5.41 Å². The fourth-order valence-corrected chi connectivity index (χ4v) is 2.49. The largest absolute Gasteiger partial charge is 0.497 e. The Balaban J connectivity index is 2.05. The van der Waals surface area contributed by atoms with Crippen LogP contribution in [0.25, 0.3) is 0 Å². The third-order valence-corrected chi connectivity index (χ3v) is 4.22. The number of methoxy groups -OCH3 is 1. The summed E-state index contributed by atoms with van der Waals surface area (Å²) in [6.07, 6.45) is 0. The van der Waals surface area contributed by atoms with Crippen molar-refractivity contribution in [3.8, 4) is 5.75 Å². The average Bonchev–Trinajstić information content (AvgIpc) is 2.55. The number of likely N-dealkylation sites (N-methyl/N-ethyl adjacent to an activating group) is 1. The maximum Gasteiger partial charge on any atom is 0.239 e. The molecule has 0 radical (unpaired) electrons. The number of benzene rings is 1. The van der Waals surface area contributed by atoms with E-state index in [2.05, 4.69) is 10.2 Å². The molecule has 1 aromatic carbocycles. The van der Waals surface area contributed by atoms with Crippen molar-refractivity contribution < 1.29 is 14.3 Å². The van der Waals surface area contributed by atoms with Gasteiger partial charge in [0.15, 0.2) is 0 Å². The first kappa shape index (κ1) is 17.3. The minimum absolute atomic E-state index is 0.133. The van der Waals surface area contributed by atoms with E-state index in [1.54, 1.807) is 50.1 Å². The van der Waals surface area contributed by atoms with Crippen molar-refractivity contribution in [2.45, 2.75) is 13.8 Å². The Bertz CT molecular complexity index is 578. The second kappa shape index (κ2) is 7.00. The Hall–Kier alpha value is -2.08. The Labute approximate surface area is 137 Å². The van der Waals surface area contributed by atoms with Gasteiger partial charge in [-0.15, -0.1) is 0 Å². The number of ether oxygens (including phenoxy) is 1. The standard InChI is InChI=1S/C17H25N3O3/c1-17(2,16(22)20-10-8-19(3)9-11-20)15(21)18-13-6-5-7-14(12-13)23-4/h5-7,12H,8-11H2,1-4H3,(H,18,21). The van der Waals surface area contributed by atoms with Gasteiger partial charge in [-0.2, -0.15) is 0 Å². The van der Waals surface area contributed by atoms with Crippen LogP contribution < -0.4 is 10.1 Å². The smallest absolute Gasteiger partial charge is 0.239 e. The first-order chi connectivity index (χ1) is 10.8. The van der Waals surface area contributed by atoms with Crippen LogP contribution in [-0.2, 0) is 9.59 Å². The summed E-state index contributed by atoms with van der Waals surface area (Å²) in [5.41, 5.74) is -0.493. The summed E-state index contributed by atoms with van der Waals surface area (Å²) in [5.74, 6) is 0.215. The molecule has 1 aromatic rings. The number of piperazine rings is 1. The second-order valence-electron chi connectivity index (χ2n) is 6.41. The van der Waals surface area contributed by atoms with Gasteiger partial charge in [0.2, 0.25) is 11.8 Å². The fraction of sp³-hybridized carbons (Fsp3) is 0.529. The van der Waals surface area contributed by atoms with Gasteiger partial charge in [0.25, 0.3) is 0 Å². The summed E-state index contributed by atoms with van der Waals surface area (Å²) in [5, 5.41) is 2.81. The molecule has 0 aliphatic carbocycles. The summed E-state index contributed by atoms with van der Waals surface area (Å²) >= 11 is 0. The molecule has 23 heavy (non-hydrogen) atoms. The molecule has 2 amide bonds. The first-order valence-electron chi connectivity index (χ1n) is 7.78. The third kappa shape index (κ3) is 4.01. The van der Waals surface area contributed by atoms with Crippen LogP contribution in [0, 0.1) is 5.41 Å². The number of amides is 2. The van der Waals surface area contributed by atoms with Crippen molar-refractivity contribution in [3.63, 3.8) is 0 Å². The summed E-state index contributed by atoms with van der Waals surface area (Å²) in [6, 6.07) is 7.10. The van der Waals surface area contributed by atoms with Crippen LogP contribution in [0.1, 0.15) is 13.8 Å². The predicted molar refractivity (Wildman–Crippen MR) is 89.5 cm³/mol. The number of rotatable bonds is 4. The number of carbonyl (C=O) groups excluding carboxylic acids is 2. The summed E-state index contributed by atoms with van der Waals surface area (Å²) in [6.45, 7) is 6.32. The molecule has 0 atom stereocenters. The van der Waals surface area contributed by atoms with Crippen molar-refractivity contribution in [2.24, 2.45) is 5.41 Å². The van der Waals surface area contributed by atoms with Crippen LogP contribution in [0.3, 0.4) is 0 Å². The van der Waals surface area contributed by atoms with Gasteiger partial charge in [-0.1, -0.05) is 6.07 Å². The van der Waals surface area contributed by atoms with E-state index in [1.165, 1.54) is 0 Å². The maximum absolute atomic E-state index is 12.7. The Morgan fingerprint density at radius 3 is 2.43 bits per heavy atom. The van der Waals surface area contributed by atoms with Gasteiger partial charge in [0, 0.05) is 37.9 Å². The number of carbonyl (C=O) groups is 2. The highest BCUT2D eigenvalue weighted by Gasteiger charge is 2.39. The lowest BCUT2D eigenvalue weighted by Gasteiger charge is -2.36. The molecule has 1 N–H and O–H groups in total. The molecule has 0 bridgehead atoms. The van der Waals surface area contributed by atoms with Gasteiger partial charge in [0.05, 0.1) is 7.11 Å². The lowest BCUT2D eigenvalue weighted by Crippen LogP contribution is -2.53. The molecule has 0 aromatic heterocycles. The zero-order chi connectivity index (χ0) is 17.0. The van der Waals surface area contributed by atoms with Crippen LogP contribution in [0.4, 0.5) is 5.69 Å². The lowest BCUT2D eigenvalue weighted by molar-refractivity contribution is -0.147. The molecule has 1 heterocycles. The van der Waals surface area contributed by atoms with Gasteiger partial charge < -0.3 is 19.9 Å². The van der Waals surface area contributed by atoms with Gasteiger partial charge in [0.1, 0.15) is 11.2 Å². The van der Waals surface area contributed by atoms with Crippen molar-refractivity contribution in [1.29, 1.82) is 0 Å². The quantitative estimate of drug-likeness (QED) is 0.853. The molecule has 1 aliphatic rings. The first-order valence-corrected chi connectivity index (χ1v) is 7.78. The maximum atomic E-state index is 12.7. The van der Waals surface area contributed by atoms with Crippen LogP contribution >= 0.6 is 0 Å². The average molecular weight is 319 g/mol. The van der Waals surface area contributed by atoms with Crippen LogP contribution in [0.2, 0.25) is 0 Å². The second-order valence-corrected chi connectivity index (χ2v) is 6.41. The van der Waals surface area contributed by atoms with E-state index in [0.717, 1.165) is 13.1 Å². The molecule has 6 nitrogen and oxygen atoms in total. The lowest BCUT2D eigenvalue weighted by atomic mass is 9.89.